The quantitative estimate of drug-likeness (QED) is 0.760. The molecule has 1 aromatic carbocycles. The van der Waals surface area contributed by atoms with Crippen molar-refractivity contribution in [3.8, 4) is 0 Å². The predicted molar refractivity (Wildman–Crippen MR) is 53.0 cm³/mol. The van der Waals surface area contributed by atoms with Crippen LogP contribution in [0.1, 0.15) is 25.3 Å². The Balaban J connectivity index is 2.77. The van der Waals surface area contributed by atoms with Gasteiger partial charge < -0.3 is 0 Å². The zero-order valence-corrected chi connectivity index (χ0v) is 8.26. The lowest BCUT2D eigenvalue weighted by atomic mass is 10.0. The Labute approximate surface area is 81.1 Å². The highest BCUT2D eigenvalue weighted by molar-refractivity contribution is 6.31. The maximum atomic E-state index is 5.95. The number of benzene rings is 1. The van der Waals surface area contributed by atoms with Crippen LogP contribution in [0.15, 0.2) is 12.1 Å². The second kappa shape index (κ2) is 3.00. The van der Waals surface area contributed by atoms with Crippen LogP contribution in [0.3, 0.4) is 0 Å². The topological polar surface area (TPSA) is 41.6 Å². The molecule has 0 amide bonds. The summed E-state index contributed by atoms with van der Waals surface area (Å²) in [5.74, 6) is 0.409. The van der Waals surface area contributed by atoms with Crippen molar-refractivity contribution in [1.82, 2.24) is 15.4 Å². The molecule has 0 saturated carbocycles. The maximum Gasteiger partial charge on any atom is 0.116 e. The van der Waals surface area contributed by atoms with Crippen LogP contribution in [0.25, 0.3) is 11.0 Å². The first kappa shape index (κ1) is 8.51. The lowest BCUT2D eigenvalue weighted by Gasteiger charge is -2.05. The summed E-state index contributed by atoms with van der Waals surface area (Å²) in [4.78, 5) is 0. The van der Waals surface area contributed by atoms with Crippen molar-refractivity contribution >= 4 is 22.6 Å². The molecule has 2 rings (SSSR count). The van der Waals surface area contributed by atoms with Crippen LogP contribution in [-0.2, 0) is 0 Å². The zero-order valence-electron chi connectivity index (χ0n) is 7.50. The highest BCUT2D eigenvalue weighted by Gasteiger charge is 2.09. The molecule has 0 saturated heterocycles. The number of hydrogen-bond acceptors (Lipinski definition) is 2. The number of hydrogen-bond donors (Lipinski definition) is 1. The summed E-state index contributed by atoms with van der Waals surface area (Å²) >= 11 is 5.95. The summed E-state index contributed by atoms with van der Waals surface area (Å²) in [6, 6.07) is 3.78. The molecule has 0 aliphatic carbocycles. The third-order valence-corrected chi connectivity index (χ3v) is 2.26. The van der Waals surface area contributed by atoms with Crippen LogP contribution in [0.4, 0.5) is 0 Å². The largest absolute Gasteiger partial charge is 0.257 e. The fourth-order valence-electron chi connectivity index (χ4n) is 1.39. The molecule has 0 aliphatic rings. The first-order chi connectivity index (χ1) is 6.18. The van der Waals surface area contributed by atoms with E-state index in [1.807, 2.05) is 12.1 Å². The van der Waals surface area contributed by atoms with Gasteiger partial charge in [0.1, 0.15) is 5.52 Å². The molecule has 0 bridgehead atoms. The smallest absolute Gasteiger partial charge is 0.116 e. The number of nitrogens with one attached hydrogen (secondary N) is 1. The Hall–Kier alpha value is -1.09. The minimum atomic E-state index is 0.409. The van der Waals surface area contributed by atoms with Crippen LogP contribution in [0.5, 0.6) is 0 Å². The Bertz CT molecular complexity index is 433. The van der Waals surface area contributed by atoms with Gasteiger partial charge >= 0.3 is 0 Å². The van der Waals surface area contributed by atoms with E-state index < -0.39 is 0 Å². The van der Waals surface area contributed by atoms with E-state index in [2.05, 4.69) is 29.3 Å². The predicted octanol–water partition coefficient (Wildman–Crippen LogP) is 2.73. The molecule has 68 valence electrons. The molecule has 0 fully saturated rings. The molecule has 13 heavy (non-hydrogen) atoms. The molecule has 4 heteroatoms. The summed E-state index contributed by atoms with van der Waals surface area (Å²) in [6.07, 6.45) is 0. The SMILES string of the molecule is CC(C)c1cc(Cl)cc2[nH]nnc12. The fourth-order valence-corrected chi connectivity index (χ4v) is 1.61. The Kier molecular flexibility index (Phi) is 1.96. The van der Waals surface area contributed by atoms with Crippen LogP contribution in [0, 0.1) is 0 Å². The highest BCUT2D eigenvalue weighted by Crippen LogP contribution is 2.26. The number of aromatic nitrogens is 3. The average Bonchev–Trinajstić information content (AvgIpc) is 2.49. The summed E-state index contributed by atoms with van der Waals surface area (Å²) in [5.41, 5.74) is 2.95. The number of halogens is 1. The van der Waals surface area contributed by atoms with Crippen LogP contribution in [-0.4, -0.2) is 15.4 Å². The second-order valence-corrected chi connectivity index (χ2v) is 3.79. The average molecular weight is 196 g/mol. The Morgan fingerprint density at radius 1 is 1.38 bits per heavy atom. The normalized spacial score (nSPS) is 11.4. The lowest BCUT2D eigenvalue weighted by Crippen LogP contribution is -1.89. The third-order valence-electron chi connectivity index (χ3n) is 2.05. The van der Waals surface area contributed by atoms with Gasteiger partial charge in [-0.05, 0) is 23.6 Å². The van der Waals surface area contributed by atoms with E-state index in [9.17, 15) is 0 Å². The van der Waals surface area contributed by atoms with Crippen molar-refractivity contribution < 1.29 is 0 Å². The Morgan fingerprint density at radius 2 is 2.15 bits per heavy atom. The van der Waals surface area contributed by atoms with Gasteiger partial charge in [0.05, 0.1) is 5.52 Å². The van der Waals surface area contributed by atoms with Crippen LogP contribution >= 0.6 is 11.6 Å². The third kappa shape index (κ3) is 1.40. The first-order valence-electron chi connectivity index (χ1n) is 4.18. The van der Waals surface area contributed by atoms with Gasteiger partial charge in [-0.1, -0.05) is 30.7 Å². The molecule has 0 atom stereocenters. The molecular formula is C9H10ClN3. The van der Waals surface area contributed by atoms with E-state index in [0.29, 0.717) is 5.92 Å². The van der Waals surface area contributed by atoms with Gasteiger partial charge in [-0.2, -0.15) is 0 Å². The Morgan fingerprint density at radius 3 is 2.85 bits per heavy atom. The van der Waals surface area contributed by atoms with Crippen molar-refractivity contribution in [3.05, 3.63) is 22.7 Å². The van der Waals surface area contributed by atoms with E-state index in [1.165, 1.54) is 0 Å². The molecule has 0 unspecified atom stereocenters. The number of fused-ring (bicyclic) bond motifs is 1. The molecule has 0 radical (unpaired) electrons. The molecule has 1 N–H and O–H groups in total. The van der Waals surface area contributed by atoms with Crippen molar-refractivity contribution in [3.63, 3.8) is 0 Å². The van der Waals surface area contributed by atoms with Crippen LogP contribution in [0.2, 0.25) is 5.02 Å². The second-order valence-electron chi connectivity index (χ2n) is 3.36. The van der Waals surface area contributed by atoms with Gasteiger partial charge in [-0.15, -0.1) is 5.10 Å². The molecule has 0 aliphatic heterocycles. The summed E-state index contributed by atoms with van der Waals surface area (Å²) in [6.45, 7) is 4.22. The minimum Gasteiger partial charge on any atom is -0.257 e. The minimum absolute atomic E-state index is 0.409. The number of H-pyrrole nitrogens is 1. The molecule has 3 nitrogen and oxygen atoms in total. The molecule has 1 heterocycles. The van der Waals surface area contributed by atoms with Gasteiger partial charge in [-0.3, -0.25) is 5.10 Å². The van der Waals surface area contributed by atoms with Gasteiger partial charge in [0.2, 0.25) is 0 Å². The van der Waals surface area contributed by atoms with Gasteiger partial charge in [0, 0.05) is 5.02 Å². The van der Waals surface area contributed by atoms with E-state index in [-0.39, 0.29) is 0 Å². The van der Waals surface area contributed by atoms with Crippen molar-refractivity contribution in [2.45, 2.75) is 19.8 Å². The number of nitrogens with zero attached hydrogens (tertiary/aromatic N) is 2. The molecule has 0 spiro atoms. The van der Waals surface area contributed by atoms with Crippen molar-refractivity contribution in [1.29, 1.82) is 0 Å². The van der Waals surface area contributed by atoms with Crippen LogP contribution < -0.4 is 0 Å². The first-order valence-corrected chi connectivity index (χ1v) is 4.56. The zero-order chi connectivity index (χ0) is 9.42. The maximum absolute atomic E-state index is 5.95. The van der Waals surface area contributed by atoms with Gasteiger partial charge in [0.25, 0.3) is 0 Å². The van der Waals surface area contributed by atoms with Gasteiger partial charge in [-0.25, -0.2) is 0 Å². The molecule has 1 aromatic heterocycles. The van der Waals surface area contributed by atoms with Gasteiger partial charge in [0.15, 0.2) is 0 Å². The summed E-state index contributed by atoms with van der Waals surface area (Å²) in [7, 11) is 0. The number of aromatic amines is 1. The fraction of sp³-hybridized carbons (Fsp3) is 0.333. The van der Waals surface area contributed by atoms with E-state index in [1.54, 1.807) is 0 Å². The summed E-state index contributed by atoms with van der Waals surface area (Å²) in [5, 5.41) is 11.3. The highest BCUT2D eigenvalue weighted by atomic mass is 35.5. The number of rotatable bonds is 1. The van der Waals surface area contributed by atoms with E-state index in [0.717, 1.165) is 21.6 Å². The van der Waals surface area contributed by atoms with Crippen molar-refractivity contribution in [2.75, 3.05) is 0 Å². The molecular weight excluding hydrogens is 186 g/mol. The van der Waals surface area contributed by atoms with E-state index in [4.69, 9.17) is 11.6 Å². The standard InChI is InChI=1S/C9H10ClN3/c1-5(2)7-3-6(10)4-8-9(7)12-13-11-8/h3-5H,1-2H3,(H,11,12,13). The summed E-state index contributed by atoms with van der Waals surface area (Å²) < 4.78 is 0. The molecule has 2 aromatic rings. The van der Waals surface area contributed by atoms with E-state index >= 15 is 0 Å². The lowest BCUT2D eigenvalue weighted by molar-refractivity contribution is 0.869. The monoisotopic (exact) mass is 195 g/mol. The van der Waals surface area contributed by atoms with Crippen molar-refractivity contribution in [2.24, 2.45) is 0 Å².